The average Bonchev–Trinajstić information content (AvgIpc) is 2.31. The molecule has 0 bridgehead atoms. The van der Waals surface area contributed by atoms with Gasteiger partial charge < -0.3 is 5.73 Å². The van der Waals surface area contributed by atoms with Crippen molar-refractivity contribution < 1.29 is 4.79 Å². The number of aromatic nitrogens is 2. The molecule has 1 aromatic rings. The first kappa shape index (κ1) is 8.07. The molecule has 60 valence electrons. The Balaban J connectivity index is 3.05. The zero-order chi connectivity index (χ0) is 8.43. The average molecular weight is 174 g/mol. The summed E-state index contributed by atoms with van der Waals surface area (Å²) in [5, 5.41) is 4.27. The second-order valence-electron chi connectivity index (χ2n) is 2.03. The van der Waals surface area contributed by atoms with Crippen molar-refractivity contribution in [2.24, 2.45) is 5.73 Å². The summed E-state index contributed by atoms with van der Waals surface area (Å²) in [7, 11) is 0. The lowest BCUT2D eigenvalue weighted by Crippen LogP contribution is -2.12. The van der Waals surface area contributed by atoms with Crippen LogP contribution >= 0.6 is 11.6 Å². The number of hydrogen-bond acceptors (Lipinski definition) is 2. The zero-order valence-corrected chi connectivity index (χ0v) is 6.80. The molecule has 0 spiro atoms. The van der Waals surface area contributed by atoms with Gasteiger partial charge in [0.15, 0.2) is 5.69 Å². The normalized spacial score (nSPS) is 10.0. The highest BCUT2D eigenvalue weighted by Crippen LogP contribution is 2.09. The van der Waals surface area contributed by atoms with Crippen LogP contribution in [0.2, 0.25) is 5.15 Å². The standard InChI is InChI=1S/C6H8ClN3O/c1-2-10-5(7)3-4(9-10)6(8)11/h3H,2H2,1H3,(H2,8,11). The van der Waals surface area contributed by atoms with Crippen LogP contribution in [0.15, 0.2) is 6.07 Å². The number of halogens is 1. The van der Waals surface area contributed by atoms with E-state index in [1.165, 1.54) is 10.7 Å². The lowest BCUT2D eigenvalue weighted by molar-refractivity contribution is 0.0995. The Morgan fingerprint density at radius 3 is 2.82 bits per heavy atom. The predicted molar refractivity (Wildman–Crippen MR) is 41.4 cm³/mol. The molecule has 0 atom stereocenters. The molecular weight excluding hydrogens is 166 g/mol. The minimum atomic E-state index is -0.556. The molecule has 0 saturated heterocycles. The fraction of sp³-hybridized carbons (Fsp3) is 0.333. The Kier molecular flexibility index (Phi) is 2.14. The monoisotopic (exact) mass is 173 g/mol. The van der Waals surface area contributed by atoms with Crippen molar-refractivity contribution in [2.75, 3.05) is 0 Å². The maximum absolute atomic E-state index is 10.6. The van der Waals surface area contributed by atoms with Gasteiger partial charge in [0.05, 0.1) is 0 Å². The second-order valence-corrected chi connectivity index (χ2v) is 2.42. The molecule has 11 heavy (non-hydrogen) atoms. The summed E-state index contributed by atoms with van der Waals surface area (Å²) in [5.41, 5.74) is 5.18. The van der Waals surface area contributed by atoms with Gasteiger partial charge in [0.1, 0.15) is 5.15 Å². The predicted octanol–water partition coefficient (Wildman–Crippen LogP) is 0.655. The first-order valence-electron chi connectivity index (χ1n) is 3.18. The van der Waals surface area contributed by atoms with E-state index >= 15 is 0 Å². The van der Waals surface area contributed by atoms with E-state index in [4.69, 9.17) is 17.3 Å². The van der Waals surface area contributed by atoms with Gasteiger partial charge in [-0.2, -0.15) is 5.10 Å². The van der Waals surface area contributed by atoms with Gasteiger partial charge in [0.2, 0.25) is 0 Å². The molecule has 2 N–H and O–H groups in total. The van der Waals surface area contributed by atoms with E-state index in [1.54, 1.807) is 0 Å². The van der Waals surface area contributed by atoms with Gasteiger partial charge in [0, 0.05) is 12.6 Å². The lowest BCUT2D eigenvalue weighted by atomic mass is 10.4. The highest BCUT2D eigenvalue weighted by molar-refractivity contribution is 6.29. The number of carbonyl (C=O) groups excluding carboxylic acids is 1. The van der Waals surface area contributed by atoms with E-state index in [1.807, 2.05) is 6.92 Å². The van der Waals surface area contributed by atoms with Crippen LogP contribution in [0.1, 0.15) is 17.4 Å². The number of amides is 1. The molecule has 1 heterocycles. The number of hydrogen-bond donors (Lipinski definition) is 1. The maximum atomic E-state index is 10.6. The molecule has 0 aliphatic rings. The molecule has 0 radical (unpaired) electrons. The van der Waals surface area contributed by atoms with Crippen molar-refractivity contribution in [3.05, 3.63) is 16.9 Å². The van der Waals surface area contributed by atoms with E-state index < -0.39 is 5.91 Å². The molecule has 0 aliphatic heterocycles. The summed E-state index contributed by atoms with van der Waals surface area (Å²) in [6.07, 6.45) is 0. The van der Waals surface area contributed by atoms with Crippen LogP contribution in [-0.4, -0.2) is 15.7 Å². The fourth-order valence-corrected chi connectivity index (χ4v) is 0.997. The van der Waals surface area contributed by atoms with Crippen LogP contribution in [0.3, 0.4) is 0 Å². The Bertz CT molecular complexity index is 281. The molecule has 0 aromatic carbocycles. The van der Waals surface area contributed by atoms with Gasteiger partial charge >= 0.3 is 0 Å². The minimum absolute atomic E-state index is 0.205. The summed E-state index contributed by atoms with van der Waals surface area (Å²) in [5.74, 6) is -0.556. The topological polar surface area (TPSA) is 60.9 Å². The molecule has 0 aliphatic carbocycles. The van der Waals surface area contributed by atoms with Crippen molar-refractivity contribution in [3.63, 3.8) is 0 Å². The van der Waals surface area contributed by atoms with Gasteiger partial charge in [0.25, 0.3) is 5.91 Å². The Labute approximate surface area is 68.9 Å². The van der Waals surface area contributed by atoms with Crippen molar-refractivity contribution >= 4 is 17.5 Å². The summed E-state index contributed by atoms with van der Waals surface area (Å²) in [4.78, 5) is 10.6. The summed E-state index contributed by atoms with van der Waals surface area (Å²) < 4.78 is 1.50. The first-order valence-corrected chi connectivity index (χ1v) is 3.56. The number of aryl methyl sites for hydroxylation is 1. The molecule has 1 amide bonds. The second kappa shape index (κ2) is 2.92. The van der Waals surface area contributed by atoms with E-state index in [9.17, 15) is 4.79 Å². The van der Waals surface area contributed by atoms with Crippen LogP contribution < -0.4 is 5.73 Å². The highest BCUT2D eigenvalue weighted by Gasteiger charge is 2.07. The highest BCUT2D eigenvalue weighted by atomic mass is 35.5. The molecule has 4 nitrogen and oxygen atoms in total. The lowest BCUT2D eigenvalue weighted by Gasteiger charge is -1.93. The number of carbonyl (C=O) groups is 1. The summed E-state index contributed by atoms with van der Waals surface area (Å²) in [6.45, 7) is 2.51. The van der Waals surface area contributed by atoms with Crippen LogP contribution in [0.4, 0.5) is 0 Å². The molecule has 1 aromatic heterocycles. The first-order chi connectivity index (χ1) is 5.15. The number of rotatable bonds is 2. The fourth-order valence-electron chi connectivity index (χ4n) is 0.736. The molecule has 0 saturated carbocycles. The summed E-state index contributed by atoms with van der Waals surface area (Å²) >= 11 is 5.68. The van der Waals surface area contributed by atoms with E-state index in [2.05, 4.69) is 5.10 Å². The van der Waals surface area contributed by atoms with Crippen LogP contribution in [0, 0.1) is 0 Å². The maximum Gasteiger partial charge on any atom is 0.269 e. The number of primary amides is 1. The van der Waals surface area contributed by atoms with Crippen LogP contribution in [-0.2, 0) is 6.54 Å². The van der Waals surface area contributed by atoms with Gasteiger partial charge in [-0.25, -0.2) is 0 Å². The Hall–Kier alpha value is -1.03. The summed E-state index contributed by atoms with van der Waals surface area (Å²) in [6, 6.07) is 1.45. The van der Waals surface area contributed by atoms with Crippen LogP contribution in [0.5, 0.6) is 0 Å². The van der Waals surface area contributed by atoms with E-state index in [0.717, 1.165) is 0 Å². The largest absolute Gasteiger partial charge is 0.364 e. The van der Waals surface area contributed by atoms with Crippen molar-refractivity contribution in [1.82, 2.24) is 9.78 Å². The Morgan fingerprint density at radius 2 is 2.55 bits per heavy atom. The van der Waals surface area contributed by atoms with Gasteiger partial charge in [-0.3, -0.25) is 9.48 Å². The van der Waals surface area contributed by atoms with Crippen molar-refractivity contribution in [1.29, 1.82) is 0 Å². The SMILES string of the molecule is CCn1nc(C(N)=O)cc1Cl. The van der Waals surface area contributed by atoms with Gasteiger partial charge in [-0.1, -0.05) is 11.6 Å². The van der Waals surface area contributed by atoms with E-state index in [0.29, 0.717) is 11.7 Å². The smallest absolute Gasteiger partial charge is 0.269 e. The third kappa shape index (κ3) is 1.51. The van der Waals surface area contributed by atoms with E-state index in [-0.39, 0.29) is 5.69 Å². The Morgan fingerprint density at radius 1 is 1.91 bits per heavy atom. The number of nitrogens with zero attached hydrogens (tertiary/aromatic N) is 2. The molecule has 0 unspecified atom stereocenters. The van der Waals surface area contributed by atoms with Gasteiger partial charge in [-0.15, -0.1) is 0 Å². The molecule has 0 fully saturated rings. The molecule has 1 rings (SSSR count). The minimum Gasteiger partial charge on any atom is -0.364 e. The number of nitrogens with two attached hydrogens (primary N) is 1. The van der Waals surface area contributed by atoms with Crippen molar-refractivity contribution in [2.45, 2.75) is 13.5 Å². The molecular formula is C6H8ClN3O. The van der Waals surface area contributed by atoms with Crippen molar-refractivity contribution in [3.8, 4) is 0 Å². The quantitative estimate of drug-likeness (QED) is 0.714. The molecule has 5 heteroatoms. The van der Waals surface area contributed by atoms with Gasteiger partial charge in [-0.05, 0) is 6.92 Å². The van der Waals surface area contributed by atoms with Crippen LogP contribution in [0.25, 0.3) is 0 Å². The third-order valence-electron chi connectivity index (χ3n) is 1.28. The zero-order valence-electron chi connectivity index (χ0n) is 6.04. The third-order valence-corrected chi connectivity index (χ3v) is 1.59.